The SMILES string of the molecule is CN1C(C(=O)Nc2ccccn2)C(=O)c2cc(Cl)sc2S1(=O)=O. The maximum Gasteiger partial charge on any atom is 0.254 e. The molecular weight excluding hydrogens is 362 g/mol. The first-order valence-corrected chi connectivity index (χ1v) is 8.99. The van der Waals surface area contributed by atoms with Crippen LogP contribution < -0.4 is 5.32 Å². The Labute approximate surface area is 140 Å². The molecule has 1 amide bonds. The van der Waals surface area contributed by atoms with E-state index in [0.717, 1.165) is 15.6 Å². The number of nitrogens with zero attached hydrogens (tertiary/aromatic N) is 2. The molecule has 3 rings (SSSR count). The third kappa shape index (κ3) is 2.65. The number of halogens is 1. The van der Waals surface area contributed by atoms with Crippen molar-refractivity contribution < 1.29 is 18.0 Å². The Balaban J connectivity index is 2.00. The fourth-order valence-corrected chi connectivity index (χ4v) is 5.52. The van der Waals surface area contributed by atoms with Gasteiger partial charge in [0.25, 0.3) is 15.9 Å². The van der Waals surface area contributed by atoms with Gasteiger partial charge >= 0.3 is 0 Å². The van der Waals surface area contributed by atoms with Gasteiger partial charge in [0, 0.05) is 13.2 Å². The van der Waals surface area contributed by atoms with Crippen molar-refractivity contribution >= 4 is 50.5 Å². The van der Waals surface area contributed by atoms with Gasteiger partial charge in [-0.15, -0.1) is 11.3 Å². The summed E-state index contributed by atoms with van der Waals surface area (Å²) < 4.78 is 25.7. The lowest BCUT2D eigenvalue weighted by Gasteiger charge is -2.29. The topological polar surface area (TPSA) is 96.4 Å². The summed E-state index contributed by atoms with van der Waals surface area (Å²) in [5, 5.41) is 2.44. The Hall–Kier alpha value is -1.81. The number of hydrogen-bond donors (Lipinski definition) is 1. The summed E-state index contributed by atoms with van der Waals surface area (Å²) in [7, 11) is -2.77. The minimum absolute atomic E-state index is 0.0562. The maximum absolute atomic E-state index is 12.5. The monoisotopic (exact) mass is 371 g/mol. The van der Waals surface area contributed by atoms with E-state index in [-0.39, 0.29) is 19.9 Å². The molecule has 0 radical (unpaired) electrons. The standard InChI is InChI=1S/C13H10ClN3O4S2/c1-17-10(12(19)16-9-4-2-3-5-15-9)11(18)7-6-8(14)22-13(7)23(17,20)21/h2-6,10H,1H3,(H,15,16,19). The fourth-order valence-electron chi connectivity index (χ4n) is 2.21. The first kappa shape index (κ1) is 16.1. The van der Waals surface area contributed by atoms with Crippen molar-refractivity contribution in [3.63, 3.8) is 0 Å². The number of rotatable bonds is 2. The number of hydrogen-bond acceptors (Lipinski definition) is 6. The first-order chi connectivity index (χ1) is 10.8. The van der Waals surface area contributed by atoms with E-state index in [9.17, 15) is 18.0 Å². The third-order valence-corrected chi connectivity index (χ3v) is 6.92. The molecule has 3 heterocycles. The summed E-state index contributed by atoms with van der Waals surface area (Å²) in [4.78, 5) is 28.8. The molecule has 0 spiro atoms. The predicted octanol–water partition coefficient (Wildman–Crippen LogP) is 1.62. The second-order valence-electron chi connectivity index (χ2n) is 4.74. The molecular formula is C13H10ClN3O4S2. The van der Waals surface area contributed by atoms with Gasteiger partial charge in [-0.2, -0.15) is 4.31 Å². The normalized spacial score (nSPS) is 20.1. The van der Waals surface area contributed by atoms with Crippen LogP contribution in [-0.4, -0.2) is 42.5 Å². The maximum atomic E-state index is 12.5. The highest BCUT2D eigenvalue weighted by atomic mass is 35.5. The highest BCUT2D eigenvalue weighted by Crippen LogP contribution is 2.37. The molecule has 0 saturated heterocycles. The average Bonchev–Trinajstić information content (AvgIpc) is 2.90. The highest BCUT2D eigenvalue weighted by Gasteiger charge is 2.46. The number of anilines is 1. The van der Waals surface area contributed by atoms with Crippen molar-refractivity contribution in [1.82, 2.24) is 9.29 Å². The molecule has 2 aromatic rings. The van der Waals surface area contributed by atoms with Crippen molar-refractivity contribution in [1.29, 1.82) is 0 Å². The molecule has 1 aliphatic heterocycles. The van der Waals surface area contributed by atoms with Crippen LogP contribution >= 0.6 is 22.9 Å². The fraction of sp³-hybridized carbons (Fsp3) is 0.154. The summed E-state index contributed by atoms with van der Waals surface area (Å²) >= 11 is 6.61. The van der Waals surface area contributed by atoms with Gasteiger partial charge in [0.2, 0.25) is 0 Å². The number of aromatic nitrogens is 1. The minimum Gasteiger partial charge on any atom is -0.309 e. The average molecular weight is 372 g/mol. The Morgan fingerprint density at radius 1 is 1.43 bits per heavy atom. The van der Waals surface area contributed by atoms with Crippen LogP contribution in [0.4, 0.5) is 5.82 Å². The van der Waals surface area contributed by atoms with Crippen LogP contribution in [0.1, 0.15) is 10.4 Å². The van der Waals surface area contributed by atoms with Gasteiger partial charge < -0.3 is 5.32 Å². The minimum atomic E-state index is -3.95. The zero-order valence-corrected chi connectivity index (χ0v) is 14.1. The van der Waals surface area contributed by atoms with Gasteiger partial charge in [0.15, 0.2) is 11.8 Å². The molecule has 0 aromatic carbocycles. The number of nitrogens with one attached hydrogen (secondary N) is 1. The molecule has 1 unspecified atom stereocenters. The smallest absolute Gasteiger partial charge is 0.254 e. The van der Waals surface area contributed by atoms with Gasteiger partial charge in [0.05, 0.1) is 9.90 Å². The Bertz CT molecular complexity index is 895. The summed E-state index contributed by atoms with van der Waals surface area (Å²) in [6.45, 7) is 0. The van der Waals surface area contributed by atoms with Crippen LogP contribution in [0.15, 0.2) is 34.7 Å². The molecule has 23 heavy (non-hydrogen) atoms. The number of sulfonamides is 1. The van der Waals surface area contributed by atoms with Crippen molar-refractivity contribution in [3.05, 3.63) is 40.4 Å². The van der Waals surface area contributed by atoms with Crippen molar-refractivity contribution in [3.8, 4) is 0 Å². The molecule has 1 aliphatic rings. The molecule has 1 atom stereocenters. The van der Waals surface area contributed by atoms with Gasteiger partial charge in [-0.05, 0) is 18.2 Å². The van der Waals surface area contributed by atoms with Crippen LogP contribution in [0.3, 0.4) is 0 Å². The quantitative estimate of drug-likeness (QED) is 0.809. The number of pyridine rings is 1. The lowest BCUT2D eigenvalue weighted by molar-refractivity contribution is -0.118. The van der Waals surface area contributed by atoms with Gasteiger partial charge in [-0.3, -0.25) is 9.59 Å². The lowest BCUT2D eigenvalue weighted by Crippen LogP contribution is -2.52. The van der Waals surface area contributed by atoms with Crippen LogP contribution in [0.25, 0.3) is 0 Å². The number of fused-ring (bicyclic) bond motifs is 1. The number of likely N-dealkylation sites (N-methyl/N-ethyl adjacent to an activating group) is 1. The molecule has 0 bridgehead atoms. The summed E-state index contributed by atoms with van der Waals surface area (Å²) in [5.41, 5.74) is -0.0562. The number of thiophene rings is 1. The zero-order valence-electron chi connectivity index (χ0n) is 11.7. The van der Waals surface area contributed by atoms with E-state index < -0.39 is 27.8 Å². The van der Waals surface area contributed by atoms with Crippen LogP contribution in [0, 0.1) is 0 Å². The number of amides is 1. The zero-order chi connectivity index (χ0) is 16.8. The molecule has 2 aromatic heterocycles. The molecule has 0 aliphatic carbocycles. The number of ketones is 1. The molecule has 0 fully saturated rings. The highest BCUT2D eigenvalue weighted by molar-refractivity contribution is 7.91. The van der Waals surface area contributed by atoms with Crippen molar-refractivity contribution in [2.75, 3.05) is 12.4 Å². The van der Waals surface area contributed by atoms with Crippen molar-refractivity contribution in [2.45, 2.75) is 10.3 Å². The molecule has 10 heteroatoms. The van der Waals surface area contributed by atoms with E-state index >= 15 is 0 Å². The van der Waals surface area contributed by atoms with Gasteiger partial charge in [0.1, 0.15) is 10.0 Å². The van der Waals surface area contributed by atoms with E-state index in [0.29, 0.717) is 0 Å². The molecule has 7 nitrogen and oxygen atoms in total. The number of carbonyl (C=O) groups is 2. The molecule has 0 saturated carbocycles. The van der Waals surface area contributed by atoms with Crippen molar-refractivity contribution in [2.24, 2.45) is 0 Å². The Kier molecular flexibility index (Phi) is 3.96. The van der Waals surface area contributed by atoms with Crippen LogP contribution in [-0.2, 0) is 14.8 Å². The largest absolute Gasteiger partial charge is 0.309 e. The van der Waals surface area contributed by atoms with Crippen LogP contribution in [0.5, 0.6) is 0 Å². The second kappa shape index (κ2) is 5.68. The van der Waals surface area contributed by atoms with E-state index in [1.165, 1.54) is 25.4 Å². The molecule has 1 N–H and O–H groups in total. The first-order valence-electron chi connectivity index (χ1n) is 6.36. The van der Waals surface area contributed by atoms with E-state index in [1.807, 2.05) is 0 Å². The summed E-state index contributed by atoms with van der Waals surface area (Å²) in [6.07, 6.45) is 1.47. The third-order valence-electron chi connectivity index (χ3n) is 3.32. The number of Topliss-reactive ketones (excluding diaryl/α,β-unsaturated/α-hetero) is 1. The number of carbonyl (C=O) groups excluding carboxylic acids is 2. The molecule has 120 valence electrons. The van der Waals surface area contributed by atoms with Gasteiger partial charge in [-0.25, -0.2) is 13.4 Å². The summed E-state index contributed by atoms with van der Waals surface area (Å²) in [6, 6.07) is 4.63. The lowest BCUT2D eigenvalue weighted by atomic mass is 10.1. The van der Waals surface area contributed by atoms with E-state index in [2.05, 4.69) is 10.3 Å². The van der Waals surface area contributed by atoms with Gasteiger partial charge in [-0.1, -0.05) is 17.7 Å². The Morgan fingerprint density at radius 2 is 2.17 bits per heavy atom. The summed E-state index contributed by atoms with van der Waals surface area (Å²) in [5.74, 6) is -1.16. The van der Waals surface area contributed by atoms with Crippen LogP contribution in [0.2, 0.25) is 4.34 Å². The second-order valence-corrected chi connectivity index (χ2v) is 8.62. The van der Waals surface area contributed by atoms with E-state index in [1.54, 1.807) is 12.1 Å². The van der Waals surface area contributed by atoms with E-state index in [4.69, 9.17) is 11.6 Å². The predicted molar refractivity (Wildman–Crippen MR) is 85.3 cm³/mol. The Morgan fingerprint density at radius 3 is 2.83 bits per heavy atom.